The van der Waals surface area contributed by atoms with Crippen molar-refractivity contribution in [2.45, 2.75) is 0 Å². The van der Waals surface area contributed by atoms with Gasteiger partial charge in [-0.25, -0.2) is 29.9 Å². The number of nitrogens with zero attached hydrogens (tertiary/aromatic N) is 26. The number of para-hydroxylation sites is 13. The van der Waals surface area contributed by atoms with E-state index in [1.807, 2.05) is 104 Å². The zero-order valence-corrected chi connectivity index (χ0v) is 77.2. The van der Waals surface area contributed by atoms with Gasteiger partial charge in [-0.3, -0.25) is 91.7 Å². The van der Waals surface area contributed by atoms with E-state index in [0.717, 1.165) is 257 Å². The summed E-state index contributed by atoms with van der Waals surface area (Å²) in [5.74, 6) is 2.67. The smallest absolute Gasteiger partial charge is 0.220 e. The molecule has 0 saturated carbocycles. The highest BCUT2D eigenvalue weighted by atomic mass is 15.3. The van der Waals surface area contributed by atoms with Crippen molar-refractivity contribution in [3.8, 4) is 45.5 Å². The zero-order chi connectivity index (χ0) is 94.9. The van der Waals surface area contributed by atoms with Crippen LogP contribution in [0.5, 0.6) is 0 Å². The Bertz CT molecular complexity index is 11600. The number of hydrogen-bond acceptors (Lipinski definition) is 10. The maximum atomic E-state index is 5.14. The first-order valence-electron chi connectivity index (χ1n) is 48.5. The fourth-order valence-corrected chi connectivity index (χ4v) is 23.6. The minimum absolute atomic E-state index is 0.869. The summed E-state index contributed by atoms with van der Waals surface area (Å²) >= 11 is 0. The van der Waals surface area contributed by atoms with Gasteiger partial charge in [-0.1, -0.05) is 115 Å². The van der Waals surface area contributed by atoms with Crippen molar-refractivity contribution in [2.24, 2.45) is 0 Å². The fourth-order valence-electron chi connectivity index (χ4n) is 23.6. The standard InChI is InChI=1S/2C44H26N10.C32H20N6/c1-2-13-33-31(12-1)48-44-51(35-14-3-4-15-36(35)53(33)44)29-11-5-10-28(24-29)49-37-19-18-30(25-39(37)52-34-16-7-20-45-32(34)26-41(49)52)50-38-17-8-22-47-43(38)54-40(50)23-27-9-6-21-46-42(27)54;1-2-9-34-32(8-1)48-44-51(35-10-3-4-11-36(35)54(34)44)30-7-5-6-29(22-30)49-41-26-47-19-16-38(41)53-39-23-31(13-12-27(39)20-42(49)53)50-40-25-46-18-15-37(40)52-33-14-17-45-24-28(33)21-43(50)52;1-3-13-25-21(9-1)19-30-36(31-29(37(25)30)17-8-18-33-31)23-11-7-10-22(20-23)35-27-15-5-6-16-28(27)38-26-14-4-2-12-24(26)34-32(35)38/h2*1-26H;1-20H. The van der Waals surface area contributed by atoms with E-state index in [2.05, 4.69) is 420 Å². The third-order valence-corrected chi connectivity index (χ3v) is 29.6. The molecule has 23 aromatic heterocycles. The molecule has 26 nitrogen and oxygen atoms in total. The normalized spacial score (nSPS) is 12.4. The predicted octanol–water partition coefficient (Wildman–Crippen LogP) is 25.8. The summed E-state index contributed by atoms with van der Waals surface area (Å²) in [5, 5.41) is 4.52. The largest absolute Gasteiger partial charge is 0.294 e. The first-order valence-corrected chi connectivity index (χ1v) is 48.5. The molecule has 0 amide bonds. The molecular weight excluding hydrogens is 1810 g/mol. The zero-order valence-electron chi connectivity index (χ0n) is 77.2. The average Bonchev–Trinajstić information content (AvgIpc) is 1.56. The summed E-state index contributed by atoms with van der Waals surface area (Å²) in [4.78, 5) is 48.0. The second-order valence-corrected chi connectivity index (χ2v) is 37.3. The van der Waals surface area contributed by atoms with Crippen molar-refractivity contribution in [3.63, 3.8) is 0 Å². The first-order chi connectivity index (χ1) is 72.5. The van der Waals surface area contributed by atoms with E-state index >= 15 is 0 Å². The van der Waals surface area contributed by atoms with Crippen LogP contribution in [0.15, 0.2) is 438 Å². The van der Waals surface area contributed by atoms with Crippen LogP contribution in [0.1, 0.15) is 0 Å². The van der Waals surface area contributed by atoms with Gasteiger partial charge in [-0.2, -0.15) is 0 Å². The Labute approximate surface area is 821 Å². The Morgan fingerprint density at radius 2 is 0.479 bits per heavy atom. The molecule has 0 atom stereocenters. The monoisotopic (exact) mass is 1880 g/mol. The van der Waals surface area contributed by atoms with Gasteiger partial charge in [0.25, 0.3) is 0 Å². The molecule has 0 aliphatic rings. The Hall–Kier alpha value is -20.8. The van der Waals surface area contributed by atoms with Gasteiger partial charge >= 0.3 is 0 Å². The molecular formula is C120H72N26. The number of benzene rings is 12. The molecule has 0 aliphatic carbocycles. The van der Waals surface area contributed by atoms with Crippen LogP contribution >= 0.6 is 0 Å². The molecule has 0 N–H and O–H groups in total. The number of rotatable bonds is 8. The van der Waals surface area contributed by atoms with Crippen LogP contribution in [-0.4, -0.2) is 122 Å². The van der Waals surface area contributed by atoms with Gasteiger partial charge in [0.2, 0.25) is 17.3 Å². The van der Waals surface area contributed by atoms with E-state index in [1.165, 1.54) is 10.9 Å². The average molecular weight is 1880 g/mol. The SMILES string of the molecule is c1cc(-n2c3ccc(-n4c5cccnc5n5c6ncccc6cc45)cc3n3c4cccnc4cc23)cc(-n2c3ccccc3n3c4ccccc4nc23)c1.c1cc(-n2c3cnccc3n3c4cc(-n5c6cnccc6n6c7ccncc7cc56)ccc4cc23)cc(-n2c3ccccc3n3c4ccccc4nc23)c1.c1cc(-n2c3ncccc3n3c4ccccc4cc23)cc(-n2c3ccccc3n3c4ccccc4nc23)c1. The lowest BCUT2D eigenvalue weighted by atomic mass is 10.2. The second-order valence-electron chi connectivity index (χ2n) is 37.3. The van der Waals surface area contributed by atoms with Crippen LogP contribution in [0.25, 0.3) is 267 Å². The summed E-state index contributed by atoms with van der Waals surface area (Å²) in [6.45, 7) is 0. The minimum Gasteiger partial charge on any atom is -0.294 e. The number of fused-ring (bicyclic) bond motifs is 40. The van der Waals surface area contributed by atoms with Crippen LogP contribution in [0, 0.1) is 0 Å². The molecule has 682 valence electrons. The van der Waals surface area contributed by atoms with Crippen LogP contribution in [-0.2, 0) is 0 Å². The summed E-state index contributed by atoms with van der Waals surface area (Å²) < 4.78 is 36.5. The molecule has 0 fully saturated rings. The van der Waals surface area contributed by atoms with Gasteiger partial charge in [-0.15, -0.1) is 0 Å². The van der Waals surface area contributed by atoms with Gasteiger partial charge in [0, 0.05) is 99.9 Å². The highest BCUT2D eigenvalue weighted by Crippen LogP contribution is 2.43. The van der Waals surface area contributed by atoms with Crippen molar-refractivity contribution in [1.82, 2.24) is 122 Å². The van der Waals surface area contributed by atoms with E-state index in [-0.39, 0.29) is 0 Å². The van der Waals surface area contributed by atoms with Gasteiger partial charge in [0.1, 0.15) is 33.9 Å². The highest BCUT2D eigenvalue weighted by molar-refractivity contribution is 6.04. The Kier molecular flexibility index (Phi) is 15.7. The van der Waals surface area contributed by atoms with Crippen LogP contribution in [0.4, 0.5) is 0 Å². The molecule has 0 unspecified atom stereocenters. The molecule has 23 heterocycles. The van der Waals surface area contributed by atoms with Crippen molar-refractivity contribution < 1.29 is 0 Å². The van der Waals surface area contributed by atoms with Crippen molar-refractivity contribution >= 4 is 222 Å². The first kappa shape index (κ1) is 78.2. The Morgan fingerprint density at radius 1 is 0.144 bits per heavy atom. The molecule has 0 saturated heterocycles. The summed E-state index contributed by atoms with van der Waals surface area (Å²) in [6.07, 6.45) is 18.8. The minimum atomic E-state index is 0.869. The lowest BCUT2D eigenvalue weighted by Gasteiger charge is -2.11. The molecule has 0 bridgehead atoms. The van der Waals surface area contributed by atoms with Crippen LogP contribution in [0.3, 0.4) is 0 Å². The van der Waals surface area contributed by atoms with E-state index in [0.29, 0.717) is 0 Å². The van der Waals surface area contributed by atoms with Crippen LogP contribution < -0.4 is 0 Å². The maximum absolute atomic E-state index is 5.14. The third-order valence-electron chi connectivity index (χ3n) is 29.6. The molecule has 0 aliphatic heterocycles. The Balaban J connectivity index is 0.0000000974. The maximum Gasteiger partial charge on any atom is 0.220 e. The fraction of sp³-hybridized carbons (Fsp3) is 0. The lowest BCUT2D eigenvalue weighted by Crippen LogP contribution is -1.99. The molecule has 146 heavy (non-hydrogen) atoms. The van der Waals surface area contributed by atoms with Crippen molar-refractivity contribution in [1.29, 1.82) is 0 Å². The molecule has 26 heteroatoms. The lowest BCUT2D eigenvalue weighted by molar-refractivity contribution is 1.08. The third kappa shape index (κ3) is 10.8. The van der Waals surface area contributed by atoms with E-state index in [9.17, 15) is 0 Å². The quantitative estimate of drug-likeness (QED) is 0.141. The molecule has 35 aromatic rings. The second kappa shape index (κ2) is 29.4. The van der Waals surface area contributed by atoms with E-state index in [4.69, 9.17) is 34.9 Å². The highest BCUT2D eigenvalue weighted by Gasteiger charge is 2.29. The number of hydrogen-bond donors (Lipinski definition) is 0. The van der Waals surface area contributed by atoms with Gasteiger partial charge in [0.15, 0.2) is 11.3 Å². The number of aromatic nitrogens is 26. The van der Waals surface area contributed by atoms with Crippen LogP contribution in [0.2, 0.25) is 0 Å². The van der Waals surface area contributed by atoms with Crippen molar-refractivity contribution in [3.05, 3.63) is 438 Å². The topological polar surface area (TPSA) is 204 Å². The molecule has 35 rings (SSSR count). The number of pyridine rings is 7. The van der Waals surface area contributed by atoms with Gasteiger partial charge < -0.3 is 0 Å². The van der Waals surface area contributed by atoms with Gasteiger partial charge in [-0.05, 0) is 255 Å². The molecule has 0 spiro atoms. The molecule has 12 aromatic carbocycles. The van der Waals surface area contributed by atoms with Crippen molar-refractivity contribution in [2.75, 3.05) is 0 Å². The van der Waals surface area contributed by atoms with Gasteiger partial charge in [0.05, 0.1) is 173 Å². The van der Waals surface area contributed by atoms with E-state index in [1.54, 1.807) is 0 Å². The number of imidazole rings is 11. The Morgan fingerprint density at radius 3 is 1.05 bits per heavy atom. The molecule has 0 radical (unpaired) electrons. The summed E-state index contributed by atoms with van der Waals surface area (Å²) in [7, 11) is 0. The van der Waals surface area contributed by atoms with E-state index < -0.39 is 0 Å². The summed E-state index contributed by atoms with van der Waals surface area (Å²) in [6, 6.07) is 132. The predicted molar refractivity (Wildman–Crippen MR) is 580 cm³/mol. The summed E-state index contributed by atoms with van der Waals surface area (Å²) in [5.41, 5.74) is 43.1.